The van der Waals surface area contributed by atoms with Crippen molar-refractivity contribution in [3.63, 3.8) is 0 Å². The molecule has 0 saturated carbocycles. The summed E-state index contributed by atoms with van der Waals surface area (Å²) >= 11 is 0. The van der Waals surface area contributed by atoms with Crippen LogP contribution in [0.3, 0.4) is 0 Å². The van der Waals surface area contributed by atoms with Crippen molar-refractivity contribution in [2.45, 2.75) is 25.8 Å². The number of unbranched alkanes of at least 4 members (excludes halogenated alkanes) is 1. The molecule has 1 aromatic carbocycles. The lowest BCUT2D eigenvalue weighted by molar-refractivity contribution is -0.385. The van der Waals surface area contributed by atoms with Gasteiger partial charge in [0.25, 0.3) is 5.69 Å². The van der Waals surface area contributed by atoms with Crippen molar-refractivity contribution in [2.24, 2.45) is 5.73 Å². The molecule has 0 aliphatic carbocycles. The Morgan fingerprint density at radius 2 is 2.14 bits per heavy atom. The fourth-order valence-electron chi connectivity index (χ4n) is 2.00. The number of benzene rings is 1. The SMILES string of the molecule is NCCCCc1cn(Cc2cc(F)cc([N+](=O)[O-])c2)nn1. The molecule has 8 heteroatoms. The molecule has 2 rings (SSSR count). The molecule has 0 fully saturated rings. The van der Waals surface area contributed by atoms with Crippen LogP contribution in [-0.2, 0) is 13.0 Å². The molecule has 2 N–H and O–H groups in total. The lowest BCUT2D eigenvalue weighted by Crippen LogP contribution is -2.02. The fourth-order valence-corrected chi connectivity index (χ4v) is 2.00. The first-order valence-corrected chi connectivity index (χ1v) is 6.61. The summed E-state index contributed by atoms with van der Waals surface area (Å²) in [6, 6.07) is 3.48. The molecule has 7 nitrogen and oxygen atoms in total. The smallest absolute Gasteiger partial charge is 0.272 e. The molecule has 112 valence electrons. The first kappa shape index (κ1) is 15.0. The number of nitro benzene ring substituents is 1. The molecule has 0 atom stereocenters. The van der Waals surface area contributed by atoms with E-state index in [0.717, 1.165) is 31.0 Å². The molecule has 0 bridgehead atoms. The van der Waals surface area contributed by atoms with Gasteiger partial charge in [0.05, 0.1) is 23.2 Å². The Bertz CT molecular complexity index is 629. The number of hydrogen-bond donors (Lipinski definition) is 1. The maximum Gasteiger partial charge on any atom is 0.272 e. The van der Waals surface area contributed by atoms with Gasteiger partial charge in [-0.25, -0.2) is 9.07 Å². The van der Waals surface area contributed by atoms with Crippen molar-refractivity contribution in [1.29, 1.82) is 0 Å². The number of rotatable bonds is 7. The third kappa shape index (κ3) is 4.32. The highest BCUT2D eigenvalue weighted by Crippen LogP contribution is 2.17. The molecule has 2 aromatic rings. The maximum atomic E-state index is 13.3. The van der Waals surface area contributed by atoms with Gasteiger partial charge in [0.2, 0.25) is 0 Å². The summed E-state index contributed by atoms with van der Waals surface area (Å²) in [5.74, 6) is -0.637. The van der Waals surface area contributed by atoms with E-state index in [4.69, 9.17) is 5.73 Å². The normalized spacial score (nSPS) is 10.8. The molecule has 1 aromatic heterocycles. The van der Waals surface area contributed by atoms with E-state index in [2.05, 4.69) is 10.3 Å². The molecule has 0 spiro atoms. The number of nitro groups is 1. The molecular formula is C13H16FN5O2. The Kier molecular flexibility index (Phi) is 4.94. The number of halogens is 1. The van der Waals surface area contributed by atoms with Crippen LogP contribution in [-0.4, -0.2) is 26.5 Å². The van der Waals surface area contributed by atoms with Gasteiger partial charge >= 0.3 is 0 Å². The van der Waals surface area contributed by atoms with E-state index < -0.39 is 10.7 Å². The highest BCUT2D eigenvalue weighted by Gasteiger charge is 2.10. The van der Waals surface area contributed by atoms with Gasteiger partial charge in [-0.05, 0) is 37.4 Å². The minimum Gasteiger partial charge on any atom is -0.330 e. The van der Waals surface area contributed by atoms with Crippen LogP contribution < -0.4 is 5.73 Å². The minimum absolute atomic E-state index is 0.239. The van der Waals surface area contributed by atoms with Crippen LogP contribution in [0.25, 0.3) is 0 Å². The maximum absolute atomic E-state index is 13.3. The number of aryl methyl sites for hydroxylation is 1. The number of nitrogens with zero attached hydrogens (tertiary/aromatic N) is 4. The Hall–Kier alpha value is -2.35. The molecule has 0 unspecified atom stereocenters. The van der Waals surface area contributed by atoms with Gasteiger partial charge in [0, 0.05) is 12.3 Å². The number of aromatic nitrogens is 3. The third-order valence-corrected chi connectivity index (χ3v) is 2.97. The standard InChI is InChI=1S/C13H16FN5O2/c14-11-5-10(6-13(7-11)19(20)21)8-18-9-12(16-17-18)3-1-2-4-15/h5-7,9H,1-4,8,15H2. The van der Waals surface area contributed by atoms with Gasteiger partial charge < -0.3 is 5.73 Å². The monoisotopic (exact) mass is 293 g/mol. The van der Waals surface area contributed by atoms with Gasteiger partial charge in [-0.15, -0.1) is 5.10 Å². The Balaban J connectivity index is 2.06. The van der Waals surface area contributed by atoms with E-state index >= 15 is 0 Å². The van der Waals surface area contributed by atoms with E-state index in [1.165, 1.54) is 16.8 Å². The predicted octanol–water partition coefficient (Wildman–Crippen LogP) is 1.66. The average Bonchev–Trinajstić information content (AvgIpc) is 2.86. The summed E-state index contributed by atoms with van der Waals surface area (Å²) in [5.41, 5.74) is 6.45. The summed E-state index contributed by atoms with van der Waals surface area (Å²) in [4.78, 5) is 10.1. The predicted molar refractivity (Wildman–Crippen MR) is 74.2 cm³/mol. The topological polar surface area (TPSA) is 99.9 Å². The zero-order valence-electron chi connectivity index (χ0n) is 11.4. The lowest BCUT2D eigenvalue weighted by atomic mass is 10.2. The van der Waals surface area contributed by atoms with Crippen molar-refractivity contribution < 1.29 is 9.31 Å². The van der Waals surface area contributed by atoms with Crippen LogP contribution in [0.4, 0.5) is 10.1 Å². The average molecular weight is 293 g/mol. The molecule has 0 amide bonds. The van der Waals surface area contributed by atoms with Crippen molar-refractivity contribution in [2.75, 3.05) is 6.54 Å². The van der Waals surface area contributed by atoms with Crippen molar-refractivity contribution >= 4 is 5.69 Å². The zero-order chi connectivity index (χ0) is 15.2. The largest absolute Gasteiger partial charge is 0.330 e. The quantitative estimate of drug-likeness (QED) is 0.475. The van der Waals surface area contributed by atoms with E-state index in [1.807, 2.05) is 0 Å². The van der Waals surface area contributed by atoms with Crippen LogP contribution in [0.15, 0.2) is 24.4 Å². The highest BCUT2D eigenvalue weighted by atomic mass is 19.1. The minimum atomic E-state index is -0.637. The van der Waals surface area contributed by atoms with Crippen LogP contribution in [0.2, 0.25) is 0 Å². The second kappa shape index (κ2) is 6.89. The van der Waals surface area contributed by atoms with Crippen LogP contribution >= 0.6 is 0 Å². The second-order valence-electron chi connectivity index (χ2n) is 4.73. The van der Waals surface area contributed by atoms with Gasteiger partial charge in [0.1, 0.15) is 5.82 Å². The van der Waals surface area contributed by atoms with E-state index in [-0.39, 0.29) is 12.2 Å². The molecule has 1 heterocycles. The van der Waals surface area contributed by atoms with Crippen molar-refractivity contribution in [1.82, 2.24) is 15.0 Å². The Morgan fingerprint density at radius 3 is 2.86 bits per heavy atom. The van der Waals surface area contributed by atoms with Gasteiger partial charge in [-0.2, -0.15) is 0 Å². The summed E-state index contributed by atoms with van der Waals surface area (Å²) < 4.78 is 14.9. The lowest BCUT2D eigenvalue weighted by Gasteiger charge is -2.01. The molecule has 0 saturated heterocycles. The Morgan fingerprint density at radius 1 is 1.33 bits per heavy atom. The Labute approximate surface area is 120 Å². The third-order valence-electron chi connectivity index (χ3n) is 2.97. The van der Waals surface area contributed by atoms with Crippen molar-refractivity contribution in [3.8, 4) is 0 Å². The van der Waals surface area contributed by atoms with Gasteiger partial charge in [-0.1, -0.05) is 5.21 Å². The van der Waals surface area contributed by atoms with Crippen molar-refractivity contribution in [3.05, 3.63) is 51.6 Å². The summed E-state index contributed by atoms with van der Waals surface area (Å²) in [6.07, 6.45) is 4.39. The highest BCUT2D eigenvalue weighted by molar-refractivity contribution is 5.35. The number of nitrogens with two attached hydrogens (primary N) is 1. The van der Waals surface area contributed by atoms with Crippen LogP contribution in [0, 0.1) is 15.9 Å². The summed E-state index contributed by atoms with van der Waals surface area (Å²) in [5, 5.41) is 18.6. The van der Waals surface area contributed by atoms with Crippen LogP contribution in [0.5, 0.6) is 0 Å². The van der Waals surface area contributed by atoms with Gasteiger partial charge in [0.15, 0.2) is 0 Å². The first-order valence-electron chi connectivity index (χ1n) is 6.61. The molecule has 0 aliphatic heterocycles. The summed E-state index contributed by atoms with van der Waals surface area (Å²) in [7, 11) is 0. The molecule has 0 radical (unpaired) electrons. The number of non-ortho nitro benzene ring substituents is 1. The zero-order valence-corrected chi connectivity index (χ0v) is 11.4. The summed E-state index contributed by atoms with van der Waals surface area (Å²) in [6.45, 7) is 0.879. The second-order valence-corrected chi connectivity index (χ2v) is 4.73. The van der Waals surface area contributed by atoms with E-state index in [9.17, 15) is 14.5 Å². The van der Waals surface area contributed by atoms with Gasteiger partial charge in [-0.3, -0.25) is 10.1 Å². The van der Waals surface area contributed by atoms with E-state index in [0.29, 0.717) is 12.1 Å². The molecule has 21 heavy (non-hydrogen) atoms. The number of hydrogen-bond acceptors (Lipinski definition) is 5. The van der Waals surface area contributed by atoms with Crippen LogP contribution in [0.1, 0.15) is 24.1 Å². The van der Waals surface area contributed by atoms with E-state index in [1.54, 1.807) is 6.20 Å². The fraction of sp³-hybridized carbons (Fsp3) is 0.385. The first-order chi connectivity index (χ1) is 10.1. The molecule has 0 aliphatic rings. The molecular weight excluding hydrogens is 277 g/mol.